The zero-order chi connectivity index (χ0) is 21.3. The topological polar surface area (TPSA) is 78.5 Å². The molecule has 2 unspecified atom stereocenters. The number of carbonyl (C=O) groups excluding carboxylic acids is 3. The highest BCUT2D eigenvalue weighted by Crippen LogP contribution is 2.36. The van der Waals surface area contributed by atoms with Gasteiger partial charge in [-0.1, -0.05) is 24.3 Å². The molecule has 1 fully saturated rings. The van der Waals surface area contributed by atoms with Gasteiger partial charge in [0, 0.05) is 23.7 Å². The molecule has 2 N–H and O–H groups in total. The predicted octanol–water partition coefficient (Wildman–Crippen LogP) is 3.59. The van der Waals surface area contributed by atoms with Crippen molar-refractivity contribution in [3.05, 3.63) is 53.6 Å². The predicted molar refractivity (Wildman–Crippen MR) is 119 cm³/mol. The van der Waals surface area contributed by atoms with Crippen LogP contribution in [0.25, 0.3) is 0 Å². The molecular weight excluding hydrogens is 398 g/mol. The molecule has 0 aromatic heterocycles. The smallest absolute Gasteiger partial charge is 0.247 e. The SMILES string of the molecule is Cc1cccc(NC(=O)C2CCCN(C(=O)C3Sc4ccccc4NC3=O)C2)c1C. The van der Waals surface area contributed by atoms with Crippen LogP contribution in [0.4, 0.5) is 11.4 Å². The van der Waals surface area contributed by atoms with E-state index in [0.29, 0.717) is 13.1 Å². The number of benzene rings is 2. The number of rotatable bonds is 3. The second-order valence-electron chi connectivity index (χ2n) is 7.84. The van der Waals surface area contributed by atoms with Gasteiger partial charge in [0.05, 0.1) is 11.6 Å². The Hall–Kier alpha value is -2.80. The van der Waals surface area contributed by atoms with E-state index in [1.54, 1.807) is 4.90 Å². The number of nitrogens with zero attached hydrogens (tertiary/aromatic N) is 1. The minimum absolute atomic E-state index is 0.0766. The average molecular weight is 424 g/mol. The minimum Gasteiger partial charge on any atom is -0.340 e. The van der Waals surface area contributed by atoms with E-state index < -0.39 is 5.25 Å². The maximum absolute atomic E-state index is 13.1. The standard InChI is InChI=1S/C23H25N3O3S/c1-14-7-5-10-17(15(14)2)24-21(27)16-8-6-12-26(13-16)23(29)20-22(28)25-18-9-3-4-11-19(18)30-20/h3-5,7,9-11,16,20H,6,8,12-13H2,1-2H3,(H,24,27)(H,25,28). The van der Waals surface area contributed by atoms with E-state index in [1.807, 2.05) is 56.3 Å². The highest BCUT2D eigenvalue weighted by Gasteiger charge is 2.38. The number of hydrogen-bond acceptors (Lipinski definition) is 4. The molecule has 6 nitrogen and oxygen atoms in total. The van der Waals surface area contributed by atoms with Gasteiger partial charge in [0.15, 0.2) is 5.25 Å². The van der Waals surface area contributed by atoms with Crippen molar-refractivity contribution in [1.82, 2.24) is 4.90 Å². The zero-order valence-electron chi connectivity index (χ0n) is 17.1. The molecule has 0 radical (unpaired) electrons. The highest BCUT2D eigenvalue weighted by molar-refractivity contribution is 8.01. The van der Waals surface area contributed by atoms with Crippen LogP contribution < -0.4 is 10.6 Å². The van der Waals surface area contributed by atoms with Gasteiger partial charge in [0.2, 0.25) is 17.7 Å². The Morgan fingerprint density at radius 3 is 2.77 bits per heavy atom. The Bertz CT molecular complexity index is 1010. The van der Waals surface area contributed by atoms with Crippen LogP contribution >= 0.6 is 11.8 Å². The van der Waals surface area contributed by atoms with E-state index in [9.17, 15) is 14.4 Å². The summed E-state index contributed by atoms with van der Waals surface area (Å²) >= 11 is 1.28. The molecule has 0 aliphatic carbocycles. The molecule has 3 amide bonds. The largest absolute Gasteiger partial charge is 0.340 e. The second-order valence-corrected chi connectivity index (χ2v) is 8.99. The number of anilines is 2. The lowest BCUT2D eigenvalue weighted by Crippen LogP contribution is -2.50. The Labute approximate surface area is 180 Å². The van der Waals surface area contributed by atoms with Crippen LogP contribution in [0.15, 0.2) is 47.4 Å². The van der Waals surface area contributed by atoms with Gasteiger partial charge < -0.3 is 15.5 Å². The third kappa shape index (κ3) is 4.07. The summed E-state index contributed by atoms with van der Waals surface area (Å²) in [6.07, 6.45) is 1.47. The number of amides is 3. The Morgan fingerprint density at radius 1 is 1.13 bits per heavy atom. The number of thioether (sulfide) groups is 1. The molecule has 0 bridgehead atoms. The van der Waals surface area contributed by atoms with E-state index >= 15 is 0 Å². The quantitative estimate of drug-likeness (QED) is 0.740. The van der Waals surface area contributed by atoms with Gasteiger partial charge >= 0.3 is 0 Å². The van der Waals surface area contributed by atoms with Gasteiger partial charge in [-0.05, 0) is 56.0 Å². The molecule has 4 rings (SSSR count). The summed E-state index contributed by atoms with van der Waals surface area (Å²) in [6.45, 7) is 4.90. The summed E-state index contributed by atoms with van der Waals surface area (Å²) in [5.41, 5.74) is 3.71. The molecule has 2 heterocycles. The highest BCUT2D eigenvalue weighted by atomic mass is 32.2. The van der Waals surface area contributed by atoms with Gasteiger partial charge in [-0.15, -0.1) is 11.8 Å². The average Bonchev–Trinajstić information content (AvgIpc) is 2.76. The van der Waals surface area contributed by atoms with E-state index in [2.05, 4.69) is 10.6 Å². The summed E-state index contributed by atoms with van der Waals surface area (Å²) in [5.74, 6) is -0.888. The molecule has 0 spiro atoms. The number of fused-ring (bicyclic) bond motifs is 1. The first-order valence-electron chi connectivity index (χ1n) is 10.2. The Morgan fingerprint density at radius 2 is 1.93 bits per heavy atom. The number of nitrogens with one attached hydrogen (secondary N) is 2. The van der Waals surface area contributed by atoms with Crippen molar-refractivity contribution >= 4 is 40.9 Å². The van der Waals surface area contributed by atoms with Crippen LogP contribution in [0.1, 0.15) is 24.0 Å². The lowest BCUT2D eigenvalue weighted by molar-refractivity contribution is -0.136. The van der Waals surface area contributed by atoms with Crippen LogP contribution in [-0.4, -0.2) is 41.0 Å². The van der Waals surface area contributed by atoms with Crippen molar-refractivity contribution in [2.75, 3.05) is 23.7 Å². The molecule has 2 atom stereocenters. The van der Waals surface area contributed by atoms with Crippen molar-refractivity contribution in [2.45, 2.75) is 36.8 Å². The summed E-state index contributed by atoms with van der Waals surface area (Å²) in [5, 5.41) is 5.02. The van der Waals surface area contributed by atoms with Crippen molar-refractivity contribution in [1.29, 1.82) is 0 Å². The monoisotopic (exact) mass is 423 g/mol. The fourth-order valence-corrected chi connectivity index (χ4v) is 4.97. The number of aryl methyl sites for hydroxylation is 1. The molecule has 30 heavy (non-hydrogen) atoms. The number of hydrogen-bond donors (Lipinski definition) is 2. The molecular formula is C23H25N3O3S. The number of likely N-dealkylation sites (tertiary alicyclic amines) is 1. The van der Waals surface area contributed by atoms with E-state index in [1.165, 1.54) is 11.8 Å². The summed E-state index contributed by atoms with van der Waals surface area (Å²) < 4.78 is 0. The molecule has 1 saturated heterocycles. The summed E-state index contributed by atoms with van der Waals surface area (Å²) in [6, 6.07) is 13.3. The first-order valence-corrected chi connectivity index (χ1v) is 11.0. The van der Waals surface area contributed by atoms with Gasteiger partial charge in [0.25, 0.3) is 0 Å². The van der Waals surface area contributed by atoms with Crippen LogP contribution in [-0.2, 0) is 14.4 Å². The number of carbonyl (C=O) groups is 3. The summed E-state index contributed by atoms with van der Waals surface area (Å²) in [7, 11) is 0. The van der Waals surface area contributed by atoms with Gasteiger partial charge in [0.1, 0.15) is 0 Å². The first kappa shape index (κ1) is 20.5. The molecule has 2 aliphatic rings. The van der Waals surface area contributed by atoms with Crippen LogP contribution in [0.3, 0.4) is 0 Å². The maximum Gasteiger partial charge on any atom is 0.247 e. The normalized spacial score (nSPS) is 20.9. The fourth-order valence-electron chi connectivity index (χ4n) is 3.89. The van der Waals surface area contributed by atoms with Crippen molar-refractivity contribution < 1.29 is 14.4 Å². The minimum atomic E-state index is -0.819. The molecule has 156 valence electrons. The van der Waals surface area contributed by atoms with Crippen LogP contribution in [0.2, 0.25) is 0 Å². The van der Waals surface area contributed by atoms with Crippen LogP contribution in [0.5, 0.6) is 0 Å². The molecule has 7 heteroatoms. The van der Waals surface area contributed by atoms with Crippen molar-refractivity contribution in [2.24, 2.45) is 5.92 Å². The van der Waals surface area contributed by atoms with Crippen molar-refractivity contribution in [3.8, 4) is 0 Å². The molecule has 2 aliphatic heterocycles. The fraction of sp³-hybridized carbons (Fsp3) is 0.348. The van der Waals surface area contributed by atoms with Gasteiger partial charge in [-0.25, -0.2) is 0 Å². The Kier molecular flexibility index (Phi) is 5.81. The molecule has 0 saturated carbocycles. The number of piperidine rings is 1. The van der Waals surface area contributed by atoms with Crippen molar-refractivity contribution in [3.63, 3.8) is 0 Å². The number of para-hydroxylation sites is 1. The molecule has 2 aromatic carbocycles. The lowest BCUT2D eigenvalue weighted by Gasteiger charge is -2.35. The second kappa shape index (κ2) is 8.52. The van der Waals surface area contributed by atoms with E-state index in [4.69, 9.17) is 0 Å². The van der Waals surface area contributed by atoms with E-state index in [-0.39, 0.29) is 23.6 Å². The zero-order valence-corrected chi connectivity index (χ0v) is 17.9. The first-order chi connectivity index (χ1) is 14.4. The van der Waals surface area contributed by atoms with Crippen LogP contribution in [0, 0.1) is 19.8 Å². The van der Waals surface area contributed by atoms with E-state index in [0.717, 1.165) is 40.2 Å². The lowest BCUT2D eigenvalue weighted by atomic mass is 9.96. The van der Waals surface area contributed by atoms with Gasteiger partial charge in [-0.3, -0.25) is 14.4 Å². The Balaban J connectivity index is 1.43. The third-order valence-corrected chi connectivity index (χ3v) is 7.08. The third-order valence-electron chi connectivity index (χ3n) is 5.82. The molecule has 2 aromatic rings. The maximum atomic E-state index is 13.1. The van der Waals surface area contributed by atoms with Gasteiger partial charge in [-0.2, -0.15) is 0 Å². The summed E-state index contributed by atoms with van der Waals surface area (Å²) in [4.78, 5) is 41.0.